The number of halogens is 1. The Morgan fingerprint density at radius 2 is 1.88 bits per heavy atom. The first-order chi connectivity index (χ1) is 7.70. The lowest BCUT2D eigenvalue weighted by Crippen LogP contribution is -2.27. The molecule has 1 aromatic carbocycles. The topological polar surface area (TPSA) is 35.2 Å². The largest absolute Gasteiger partial charge is 0.374 e. The zero-order valence-electron chi connectivity index (χ0n) is 11.3. The first kappa shape index (κ1) is 14.1. The van der Waals surface area contributed by atoms with Crippen molar-refractivity contribution in [2.75, 3.05) is 6.61 Å². The van der Waals surface area contributed by atoms with E-state index >= 15 is 0 Å². The van der Waals surface area contributed by atoms with Gasteiger partial charge >= 0.3 is 0 Å². The summed E-state index contributed by atoms with van der Waals surface area (Å²) in [5.74, 6) is -0.243. The zero-order chi connectivity index (χ0) is 13.2. The van der Waals surface area contributed by atoms with Crippen LogP contribution in [-0.4, -0.2) is 12.2 Å². The van der Waals surface area contributed by atoms with Crippen molar-refractivity contribution in [3.63, 3.8) is 0 Å². The molecular weight excluding hydrogens is 217 g/mol. The van der Waals surface area contributed by atoms with E-state index in [2.05, 4.69) is 0 Å². The molecular formula is C14H22FNO. The van der Waals surface area contributed by atoms with Crippen molar-refractivity contribution in [2.45, 2.75) is 46.3 Å². The SMILES string of the molecule is Cc1cc(C)c(C(N)COC(C)(C)C)c(F)c1. The van der Waals surface area contributed by atoms with Gasteiger partial charge in [-0.2, -0.15) is 0 Å². The van der Waals surface area contributed by atoms with Gasteiger partial charge in [0.15, 0.2) is 0 Å². The third kappa shape index (κ3) is 4.10. The van der Waals surface area contributed by atoms with E-state index in [1.807, 2.05) is 40.7 Å². The van der Waals surface area contributed by atoms with Crippen LogP contribution in [0.3, 0.4) is 0 Å². The minimum Gasteiger partial charge on any atom is -0.374 e. The van der Waals surface area contributed by atoms with E-state index in [4.69, 9.17) is 10.5 Å². The van der Waals surface area contributed by atoms with E-state index in [1.54, 1.807) is 0 Å². The van der Waals surface area contributed by atoms with Gasteiger partial charge in [-0.15, -0.1) is 0 Å². The molecule has 1 unspecified atom stereocenters. The van der Waals surface area contributed by atoms with Crippen molar-refractivity contribution in [1.82, 2.24) is 0 Å². The number of hydrogen-bond acceptors (Lipinski definition) is 2. The highest BCUT2D eigenvalue weighted by molar-refractivity contribution is 5.34. The first-order valence-electron chi connectivity index (χ1n) is 5.87. The van der Waals surface area contributed by atoms with Crippen LogP contribution in [-0.2, 0) is 4.74 Å². The molecule has 0 aliphatic carbocycles. The third-order valence-electron chi connectivity index (χ3n) is 2.55. The van der Waals surface area contributed by atoms with Crippen LogP contribution in [0.4, 0.5) is 4.39 Å². The summed E-state index contributed by atoms with van der Waals surface area (Å²) in [6.07, 6.45) is 0. The lowest BCUT2D eigenvalue weighted by Gasteiger charge is -2.23. The summed E-state index contributed by atoms with van der Waals surface area (Å²) in [5.41, 5.74) is 8.08. The van der Waals surface area contributed by atoms with Gasteiger partial charge in [-0.1, -0.05) is 6.07 Å². The van der Waals surface area contributed by atoms with Crippen LogP contribution < -0.4 is 5.73 Å². The Morgan fingerprint density at radius 1 is 1.29 bits per heavy atom. The molecule has 0 amide bonds. The van der Waals surface area contributed by atoms with Crippen LogP contribution in [0.1, 0.15) is 43.5 Å². The molecule has 1 atom stereocenters. The minimum atomic E-state index is -0.421. The number of nitrogens with two attached hydrogens (primary N) is 1. The summed E-state index contributed by atoms with van der Waals surface area (Å²) in [7, 11) is 0. The van der Waals surface area contributed by atoms with Crippen LogP contribution in [0.15, 0.2) is 12.1 Å². The average molecular weight is 239 g/mol. The molecule has 0 spiro atoms. The Hall–Kier alpha value is -0.930. The second kappa shape index (κ2) is 5.15. The molecule has 0 saturated carbocycles. The van der Waals surface area contributed by atoms with Gasteiger partial charge in [0.1, 0.15) is 5.82 Å². The second-order valence-corrected chi connectivity index (χ2v) is 5.51. The standard InChI is InChI=1S/C14H22FNO/c1-9-6-10(2)13(11(15)7-9)12(16)8-17-14(3,4)5/h6-7,12H,8,16H2,1-5H3. The highest BCUT2D eigenvalue weighted by Crippen LogP contribution is 2.23. The van der Waals surface area contributed by atoms with E-state index in [1.165, 1.54) is 6.07 Å². The van der Waals surface area contributed by atoms with Crippen LogP contribution >= 0.6 is 0 Å². The Morgan fingerprint density at radius 3 is 2.35 bits per heavy atom. The van der Waals surface area contributed by atoms with Gasteiger partial charge in [0.05, 0.1) is 18.2 Å². The summed E-state index contributed by atoms with van der Waals surface area (Å²) in [4.78, 5) is 0. The van der Waals surface area contributed by atoms with Crippen LogP contribution in [0.25, 0.3) is 0 Å². The summed E-state index contributed by atoms with van der Waals surface area (Å²) in [6, 6.07) is 3.03. The molecule has 2 N–H and O–H groups in total. The van der Waals surface area contributed by atoms with Crippen molar-refractivity contribution in [3.8, 4) is 0 Å². The lowest BCUT2D eigenvalue weighted by atomic mass is 9.99. The maximum absolute atomic E-state index is 13.8. The fourth-order valence-electron chi connectivity index (χ4n) is 1.82. The zero-order valence-corrected chi connectivity index (χ0v) is 11.3. The van der Waals surface area contributed by atoms with Crippen molar-refractivity contribution >= 4 is 0 Å². The molecule has 17 heavy (non-hydrogen) atoms. The molecule has 2 nitrogen and oxygen atoms in total. The van der Waals surface area contributed by atoms with E-state index < -0.39 is 6.04 Å². The molecule has 0 fully saturated rings. The van der Waals surface area contributed by atoms with Crippen molar-refractivity contribution in [2.24, 2.45) is 5.73 Å². The number of rotatable bonds is 3. The fourth-order valence-corrected chi connectivity index (χ4v) is 1.82. The highest BCUT2D eigenvalue weighted by atomic mass is 19.1. The fraction of sp³-hybridized carbons (Fsp3) is 0.571. The minimum absolute atomic E-state index is 0.243. The van der Waals surface area contributed by atoms with E-state index in [0.29, 0.717) is 12.2 Å². The molecule has 0 bridgehead atoms. The van der Waals surface area contributed by atoms with E-state index in [-0.39, 0.29) is 11.4 Å². The molecule has 0 aliphatic heterocycles. The molecule has 3 heteroatoms. The first-order valence-corrected chi connectivity index (χ1v) is 5.87. The van der Waals surface area contributed by atoms with Gasteiger partial charge < -0.3 is 10.5 Å². The number of hydrogen-bond donors (Lipinski definition) is 1. The van der Waals surface area contributed by atoms with E-state index in [0.717, 1.165) is 11.1 Å². The average Bonchev–Trinajstić information content (AvgIpc) is 2.11. The van der Waals surface area contributed by atoms with Crippen LogP contribution in [0, 0.1) is 19.7 Å². The van der Waals surface area contributed by atoms with Gasteiger partial charge in [0, 0.05) is 5.56 Å². The molecule has 0 radical (unpaired) electrons. The van der Waals surface area contributed by atoms with Crippen LogP contribution in [0.2, 0.25) is 0 Å². The van der Waals surface area contributed by atoms with Gasteiger partial charge in [-0.3, -0.25) is 0 Å². The smallest absolute Gasteiger partial charge is 0.128 e. The van der Waals surface area contributed by atoms with E-state index in [9.17, 15) is 4.39 Å². The maximum Gasteiger partial charge on any atom is 0.128 e. The highest BCUT2D eigenvalue weighted by Gasteiger charge is 2.18. The van der Waals surface area contributed by atoms with Crippen LogP contribution in [0.5, 0.6) is 0 Å². The van der Waals surface area contributed by atoms with Crippen molar-refractivity contribution < 1.29 is 9.13 Å². The number of ether oxygens (including phenoxy) is 1. The monoisotopic (exact) mass is 239 g/mol. The van der Waals surface area contributed by atoms with Gasteiger partial charge in [-0.25, -0.2) is 4.39 Å². The Labute approximate surface area is 103 Å². The molecule has 0 aliphatic rings. The molecule has 0 saturated heterocycles. The number of benzene rings is 1. The second-order valence-electron chi connectivity index (χ2n) is 5.51. The third-order valence-corrected chi connectivity index (χ3v) is 2.55. The summed E-state index contributed by atoms with van der Waals surface area (Å²) >= 11 is 0. The van der Waals surface area contributed by atoms with Crippen molar-refractivity contribution in [1.29, 1.82) is 0 Å². The quantitative estimate of drug-likeness (QED) is 0.878. The van der Waals surface area contributed by atoms with Gasteiger partial charge in [0.2, 0.25) is 0 Å². The predicted octanol–water partition coefficient (Wildman–Crippen LogP) is 3.26. The Balaban J connectivity index is 2.86. The predicted molar refractivity (Wildman–Crippen MR) is 68.5 cm³/mol. The molecule has 0 heterocycles. The Kier molecular flexibility index (Phi) is 4.28. The van der Waals surface area contributed by atoms with Gasteiger partial charge in [-0.05, 0) is 51.8 Å². The van der Waals surface area contributed by atoms with Gasteiger partial charge in [0.25, 0.3) is 0 Å². The lowest BCUT2D eigenvalue weighted by molar-refractivity contribution is -0.0106. The number of aryl methyl sites for hydroxylation is 2. The summed E-state index contributed by atoms with van der Waals surface area (Å²) < 4.78 is 19.4. The Bertz CT molecular complexity index is 373. The molecule has 0 aromatic heterocycles. The van der Waals surface area contributed by atoms with Crippen molar-refractivity contribution in [3.05, 3.63) is 34.6 Å². The molecule has 1 rings (SSSR count). The summed E-state index contributed by atoms with van der Waals surface area (Å²) in [6.45, 7) is 9.94. The maximum atomic E-state index is 13.8. The summed E-state index contributed by atoms with van der Waals surface area (Å²) in [5, 5.41) is 0. The molecule has 96 valence electrons. The normalized spacial score (nSPS) is 13.8. The molecule has 1 aromatic rings.